The van der Waals surface area contributed by atoms with Gasteiger partial charge in [0, 0.05) is 6.54 Å². The van der Waals surface area contributed by atoms with Crippen molar-refractivity contribution in [3.05, 3.63) is 39.9 Å². The molecule has 0 aliphatic rings. The van der Waals surface area contributed by atoms with E-state index in [0.717, 1.165) is 6.42 Å². The zero-order valence-corrected chi connectivity index (χ0v) is 9.16. The highest BCUT2D eigenvalue weighted by atomic mass is 35.5. The molecule has 0 amide bonds. The van der Waals surface area contributed by atoms with Crippen LogP contribution in [0.25, 0.3) is 10.9 Å². The lowest BCUT2D eigenvalue weighted by Gasteiger charge is -2.07. The van der Waals surface area contributed by atoms with Crippen molar-refractivity contribution < 1.29 is 0 Å². The second kappa shape index (κ2) is 4.03. The van der Waals surface area contributed by atoms with Crippen LogP contribution in [0.3, 0.4) is 0 Å². The van der Waals surface area contributed by atoms with E-state index in [1.165, 1.54) is 4.57 Å². The summed E-state index contributed by atoms with van der Waals surface area (Å²) in [5.41, 5.74) is 0.590. The van der Waals surface area contributed by atoms with Crippen molar-refractivity contribution in [1.29, 1.82) is 0 Å². The molecule has 78 valence electrons. The fraction of sp³-hybridized carbons (Fsp3) is 0.273. The monoisotopic (exact) mass is 222 g/mol. The van der Waals surface area contributed by atoms with E-state index in [0.29, 0.717) is 17.4 Å². The lowest BCUT2D eigenvalue weighted by atomic mass is 10.2. The van der Waals surface area contributed by atoms with Gasteiger partial charge in [-0.1, -0.05) is 19.1 Å². The molecule has 0 saturated carbocycles. The maximum absolute atomic E-state index is 12.0. The topological polar surface area (TPSA) is 34.9 Å². The maximum atomic E-state index is 12.0. The predicted octanol–water partition coefficient (Wildman–Crippen LogP) is 2.46. The molecule has 0 spiro atoms. The van der Waals surface area contributed by atoms with E-state index in [2.05, 4.69) is 4.98 Å². The molecule has 1 aromatic carbocycles. The van der Waals surface area contributed by atoms with E-state index >= 15 is 0 Å². The molecule has 3 nitrogen and oxygen atoms in total. The van der Waals surface area contributed by atoms with Crippen LogP contribution in [0.2, 0.25) is 5.28 Å². The van der Waals surface area contributed by atoms with Gasteiger partial charge in [-0.15, -0.1) is 0 Å². The molecule has 0 atom stereocenters. The van der Waals surface area contributed by atoms with Crippen LogP contribution in [-0.2, 0) is 6.54 Å². The third-order valence-electron chi connectivity index (χ3n) is 2.26. The van der Waals surface area contributed by atoms with Crippen molar-refractivity contribution in [3.8, 4) is 0 Å². The minimum Gasteiger partial charge on any atom is -0.283 e. The van der Waals surface area contributed by atoms with Crippen LogP contribution >= 0.6 is 11.6 Å². The van der Waals surface area contributed by atoms with Gasteiger partial charge in [0.15, 0.2) is 0 Å². The van der Waals surface area contributed by atoms with Gasteiger partial charge in [-0.2, -0.15) is 0 Å². The number of rotatable bonds is 2. The molecule has 1 aromatic heterocycles. The predicted molar refractivity (Wildman–Crippen MR) is 61.3 cm³/mol. The van der Waals surface area contributed by atoms with Crippen LogP contribution in [0.4, 0.5) is 0 Å². The molecule has 0 unspecified atom stereocenters. The molecule has 0 saturated heterocycles. The zero-order valence-electron chi connectivity index (χ0n) is 8.40. The van der Waals surface area contributed by atoms with Gasteiger partial charge in [0.1, 0.15) is 0 Å². The summed E-state index contributed by atoms with van der Waals surface area (Å²) in [5.74, 6) is 0. The fourth-order valence-corrected chi connectivity index (χ4v) is 1.81. The number of fused-ring (bicyclic) bond motifs is 1. The fourth-order valence-electron chi connectivity index (χ4n) is 1.56. The number of hydrogen-bond acceptors (Lipinski definition) is 2. The average molecular weight is 223 g/mol. The number of halogens is 1. The normalized spacial score (nSPS) is 10.8. The molecule has 0 bridgehead atoms. The molecular weight excluding hydrogens is 212 g/mol. The number of para-hydroxylation sites is 1. The Bertz CT molecular complexity index is 548. The Hall–Kier alpha value is -1.35. The van der Waals surface area contributed by atoms with Crippen LogP contribution < -0.4 is 5.56 Å². The van der Waals surface area contributed by atoms with E-state index in [4.69, 9.17) is 11.6 Å². The summed E-state index contributed by atoms with van der Waals surface area (Å²) >= 11 is 5.94. The molecular formula is C11H11ClN2O. The Morgan fingerprint density at radius 2 is 2.13 bits per heavy atom. The Morgan fingerprint density at radius 3 is 2.87 bits per heavy atom. The zero-order chi connectivity index (χ0) is 10.8. The maximum Gasteiger partial charge on any atom is 0.262 e. The van der Waals surface area contributed by atoms with E-state index in [1.807, 2.05) is 19.1 Å². The van der Waals surface area contributed by atoms with Gasteiger partial charge in [0.05, 0.1) is 10.9 Å². The first-order valence-electron chi connectivity index (χ1n) is 4.89. The van der Waals surface area contributed by atoms with Crippen molar-refractivity contribution in [2.24, 2.45) is 0 Å². The largest absolute Gasteiger partial charge is 0.283 e. The van der Waals surface area contributed by atoms with Crippen molar-refractivity contribution in [2.75, 3.05) is 0 Å². The molecule has 0 aliphatic carbocycles. The minimum absolute atomic E-state index is 0.0625. The highest BCUT2D eigenvalue weighted by molar-refractivity contribution is 6.28. The second-order valence-corrected chi connectivity index (χ2v) is 3.69. The molecule has 1 heterocycles. The van der Waals surface area contributed by atoms with Gasteiger partial charge in [0.25, 0.3) is 5.56 Å². The Kier molecular flexibility index (Phi) is 2.73. The van der Waals surface area contributed by atoms with E-state index in [1.54, 1.807) is 12.1 Å². The van der Waals surface area contributed by atoms with Crippen molar-refractivity contribution in [3.63, 3.8) is 0 Å². The first-order chi connectivity index (χ1) is 7.24. The first kappa shape index (κ1) is 10.2. The van der Waals surface area contributed by atoms with Gasteiger partial charge in [-0.25, -0.2) is 4.98 Å². The summed E-state index contributed by atoms with van der Waals surface area (Å²) in [6.45, 7) is 2.60. The molecule has 2 aromatic rings. The SMILES string of the molecule is CCCn1c(Cl)nc2ccccc2c1=O. The van der Waals surface area contributed by atoms with Gasteiger partial charge >= 0.3 is 0 Å². The summed E-state index contributed by atoms with van der Waals surface area (Å²) < 4.78 is 1.50. The number of aromatic nitrogens is 2. The third-order valence-corrected chi connectivity index (χ3v) is 2.55. The van der Waals surface area contributed by atoms with Crippen molar-refractivity contribution in [1.82, 2.24) is 9.55 Å². The smallest absolute Gasteiger partial charge is 0.262 e. The Morgan fingerprint density at radius 1 is 1.40 bits per heavy atom. The van der Waals surface area contributed by atoms with Crippen LogP contribution in [-0.4, -0.2) is 9.55 Å². The summed E-state index contributed by atoms with van der Waals surface area (Å²) in [6, 6.07) is 7.23. The summed E-state index contributed by atoms with van der Waals surface area (Å²) in [6.07, 6.45) is 0.861. The second-order valence-electron chi connectivity index (χ2n) is 3.35. The van der Waals surface area contributed by atoms with E-state index in [-0.39, 0.29) is 10.8 Å². The number of benzene rings is 1. The summed E-state index contributed by atoms with van der Waals surface area (Å²) in [5, 5.41) is 0.885. The molecule has 0 aliphatic heterocycles. The minimum atomic E-state index is -0.0625. The van der Waals surface area contributed by atoms with Crippen LogP contribution in [0.15, 0.2) is 29.1 Å². The Balaban J connectivity index is 2.78. The van der Waals surface area contributed by atoms with E-state index in [9.17, 15) is 4.79 Å². The van der Waals surface area contributed by atoms with E-state index < -0.39 is 0 Å². The third kappa shape index (κ3) is 1.75. The molecule has 0 N–H and O–H groups in total. The van der Waals surface area contributed by atoms with Crippen LogP contribution in [0.5, 0.6) is 0 Å². The first-order valence-corrected chi connectivity index (χ1v) is 5.27. The lowest BCUT2D eigenvalue weighted by Crippen LogP contribution is -2.21. The van der Waals surface area contributed by atoms with Crippen LogP contribution in [0.1, 0.15) is 13.3 Å². The van der Waals surface area contributed by atoms with Crippen molar-refractivity contribution >= 4 is 22.5 Å². The summed E-state index contributed by atoms with van der Waals surface area (Å²) in [4.78, 5) is 16.2. The van der Waals surface area contributed by atoms with Gasteiger partial charge < -0.3 is 0 Å². The molecule has 15 heavy (non-hydrogen) atoms. The molecule has 4 heteroatoms. The summed E-state index contributed by atoms with van der Waals surface area (Å²) in [7, 11) is 0. The number of nitrogens with zero attached hydrogens (tertiary/aromatic N) is 2. The van der Waals surface area contributed by atoms with Crippen molar-refractivity contribution in [2.45, 2.75) is 19.9 Å². The molecule has 0 fully saturated rings. The van der Waals surface area contributed by atoms with Crippen LogP contribution in [0, 0.1) is 0 Å². The molecule has 2 rings (SSSR count). The highest BCUT2D eigenvalue weighted by Gasteiger charge is 2.07. The lowest BCUT2D eigenvalue weighted by molar-refractivity contribution is 0.649. The standard InChI is InChI=1S/C11H11ClN2O/c1-2-7-14-10(15)8-5-3-4-6-9(8)13-11(14)12/h3-6H,2,7H2,1H3. The number of hydrogen-bond donors (Lipinski definition) is 0. The van der Waals surface area contributed by atoms with Gasteiger partial charge in [-0.3, -0.25) is 9.36 Å². The quantitative estimate of drug-likeness (QED) is 0.732. The average Bonchev–Trinajstić information content (AvgIpc) is 2.24. The Labute approximate surface area is 92.3 Å². The highest BCUT2D eigenvalue weighted by Crippen LogP contribution is 2.11. The van der Waals surface area contributed by atoms with Gasteiger partial charge in [0.2, 0.25) is 5.28 Å². The van der Waals surface area contributed by atoms with Gasteiger partial charge in [-0.05, 0) is 30.2 Å². The molecule has 0 radical (unpaired) electrons.